The Labute approximate surface area is 163 Å². The van der Waals surface area contributed by atoms with Gasteiger partial charge >= 0.3 is 6.61 Å². The fraction of sp³-hybridized carbons (Fsp3) is 0.158. The van der Waals surface area contributed by atoms with E-state index >= 15 is 0 Å². The minimum absolute atomic E-state index is 0.0158. The monoisotopic (exact) mass is 435 g/mol. The smallest absolute Gasteiger partial charge is 0.387 e. The van der Waals surface area contributed by atoms with Gasteiger partial charge in [-0.2, -0.15) is 13.9 Å². The molecule has 0 atom stereocenters. The molecule has 0 unspecified atom stereocenters. The van der Waals surface area contributed by atoms with E-state index in [2.05, 4.69) is 37.1 Å². The average molecular weight is 436 g/mol. The van der Waals surface area contributed by atoms with Crippen LogP contribution in [-0.4, -0.2) is 22.3 Å². The summed E-state index contributed by atoms with van der Waals surface area (Å²) < 4.78 is 31.8. The first-order chi connectivity index (χ1) is 12.9. The third-order valence-electron chi connectivity index (χ3n) is 3.71. The molecule has 1 amide bonds. The van der Waals surface area contributed by atoms with Gasteiger partial charge in [-0.1, -0.05) is 45.8 Å². The summed E-state index contributed by atoms with van der Waals surface area (Å²) in [5.74, 6) is -0.478. The second-order valence-corrected chi connectivity index (χ2v) is 6.78. The van der Waals surface area contributed by atoms with E-state index in [-0.39, 0.29) is 11.3 Å². The van der Waals surface area contributed by atoms with Gasteiger partial charge in [0.1, 0.15) is 5.75 Å². The lowest BCUT2D eigenvalue weighted by Gasteiger charge is -2.10. The summed E-state index contributed by atoms with van der Waals surface area (Å²) in [6.45, 7) is -0.463. The number of anilines is 1. The Hall–Kier alpha value is -2.74. The maximum Gasteiger partial charge on any atom is 0.387 e. The van der Waals surface area contributed by atoms with Crippen LogP contribution in [0.1, 0.15) is 21.5 Å². The number of halogens is 3. The number of benzene rings is 2. The molecule has 0 radical (unpaired) electrons. The molecule has 0 bridgehead atoms. The van der Waals surface area contributed by atoms with Crippen molar-refractivity contribution < 1.29 is 18.3 Å². The van der Waals surface area contributed by atoms with Crippen LogP contribution in [0, 0.1) is 6.92 Å². The fourth-order valence-electron chi connectivity index (χ4n) is 2.58. The Morgan fingerprint density at radius 2 is 2.07 bits per heavy atom. The minimum atomic E-state index is -3.02. The zero-order valence-electron chi connectivity index (χ0n) is 14.3. The molecule has 1 heterocycles. The molecule has 0 fully saturated rings. The van der Waals surface area contributed by atoms with E-state index in [1.807, 2.05) is 25.1 Å². The molecule has 3 aromatic rings. The highest BCUT2D eigenvalue weighted by molar-refractivity contribution is 9.10. The molecule has 3 rings (SSSR count). The molecule has 1 N–H and O–H groups in total. The molecule has 0 aliphatic heterocycles. The number of rotatable bonds is 6. The van der Waals surface area contributed by atoms with E-state index in [4.69, 9.17) is 0 Å². The highest BCUT2D eigenvalue weighted by atomic mass is 79.9. The minimum Gasteiger partial charge on any atom is -0.434 e. The number of hydrogen-bond acceptors (Lipinski definition) is 3. The Morgan fingerprint density at radius 3 is 2.81 bits per heavy atom. The van der Waals surface area contributed by atoms with Crippen molar-refractivity contribution in [1.82, 2.24) is 9.78 Å². The third kappa shape index (κ3) is 5.13. The molecule has 0 aliphatic rings. The largest absolute Gasteiger partial charge is 0.434 e. The van der Waals surface area contributed by atoms with Crippen molar-refractivity contribution in [3.63, 3.8) is 0 Å². The Morgan fingerprint density at radius 1 is 1.26 bits per heavy atom. The van der Waals surface area contributed by atoms with E-state index in [1.54, 1.807) is 16.9 Å². The highest BCUT2D eigenvalue weighted by Gasteiger charge is 2.17. The molecule has 27 heavy (non-hydrogen) atoms. The maximum absolute atomic E-state index is 12.5. The van der Waals surface area contributed by atoms with Crippen molar-refractivity contribution in [1.29, 1.82) is 0 Å². The van der Waals surface area contributed by atoms with Gasteiger partial charge in [-0.15, -0.1) is 0 Å². The summed E-state index contributed by atoms with van der Waals surface area (Å²) in [5, 5.41) is 6.90. The standard InChI is InChI=1S/C19H16BrF2N3O2/c1-12-3-2-4-13(9-12)11-25-8-7-17(24-25)23-18(26)15-10-14(20)5-6-16(15)27-19(21)22/h2-10,19H,11H2,1H3,(H,23,24,26). The topological polar surface area (TPSA) is 56.2 Å². The number of carbonyl (C=O) groups excluding carboxylic acids is 1. The zero-order chi connectivity index (χ0) is 19.4. The number of nitrogens with zero attached hydrogens (tertiary/aromatic N) is 2. The van der Waals surface area contributed by atoms with Crippen molar-refractivity contribution in [2.45, 2.75) is 20.1 Å². The van der Waals surface area contributed by atoms with Crippen LogP contribution in [0.5, 0.6) is 5.75 Å². The number of hydrogen-bond donors (Lipinski definition) is 1. The molecule has 2 aromatic carbocycles. The van der Waals surface area contributed by atoms with Gasteiger partial charge in [-0.25, -0.2) is 0 Å². The van der Waals surface area contributed by atoms with Crippen molar-refractivity contribution in [3.05, 3.63) is 75.9 Å². The molecule has 1 aromatic heterocycles. The second kappa shape index (κ2) is 8.30. The van der Waals surface area contributed by atoms with Crippen LogP contribution in [0.25, 0.3) is 0 Å². The van der Waals surface area contributed by atoms with Gasteiger partial charge in [-0.05, 0) is 30.7 Å². The van der Waals surface area contributed by atoms with Crippen LogP contribution >= 0.6 is 15.9 Å². The van der Waals surface area contributed by atoms with Crippen LogP contribution < -0.4 is 10.1 Å². The summed E-state index contributed by atoms with van der Waals surface area (Å²) in [4.78, 5) is 12.5. The molecule has 0 spiro atoms. The van der Waals surface area contributed by atoms with Gasteiger partial charge in [0.15, 0.2) is 5.82 Å². The maximum atomic E-state index is 12.5. The van der Waals surface area contributed by atoms with E-state index in [0.29, 0.717) is 16.8 Å². The summed E-state index contributed by atoms with van der Waals surface area (Å²) in [7, 11) is 0. The number of carbonyl (C=O) groups is 1. The van der Waals surface area contributed by atoms with Crippen LogP contribution in [0.3, 0.4) is 0 Å². The lowest BCUT2D eigenvalue weighted by atomic mass is 10.1. The highest BCUT2D eigenvalue weighted by Crippen LogP contribution is 2.25. The third-order valence-corrected chi connectivity index (χ3v) is 4.20. The predicted molar refractivity (Wildman–Crippen MR) is 101 cm³/mol. The summed E-state index contributed by atoms with van der Waals surface area (Å²) in [5.41, 5.74) is 2.21. The SMILES string of the molecule is Cc1cccc(Cn2ccc(NC(=O)c3cc(Br)ccc3OC(F)F)n2)c1. The van der Waals surface area contributed by atoms with E-state index in [0.717, 1.165) is 11.1 Å². The Bertz CT molecular complexity index is 960. The quantitative estimate of drug-likeness (QED) is 0.601. The first kappa shape index (κ1) is 19.0. The molecule has 8 heteroatoms. The van der Waals surface area contributed by atoms with E-state index < -0.39 is 12.5 Å². The number of aromatic nitrogens is 2. The fourth-order valence-corrected chi connectivity index (χ4v) is 2.94. The normalized spacial score (nSPS) is 10.9. The number of alkyl halides is 2. The first-order valence-corrected chi connectivity index (χ1v) is 8.85. The molecule has 0 aliphatic carbocycles. The summed E-state index contributed by atoms with van der Waals surface area (Å²) >= 11 is 3.22. The van der Waals surface area contributed by atoms with Gasteiger partial charge in [0.25, 0.3) is 5.91 Å². The zero-order valence-corrected chi connectivity index (χ0v) is 15.9. The van der Waals surface area contributed by atoms with Gasteiger partial charge in [0, 0.05) is 16.7 Å². The number of ether oxygens (including phenoxy) is 1. The van der Waals surface area contributed by atoms with Crippen LogP contribution in [0.4, 0.5) is 14.6 Å². The number of amides is 1. The van der Waals surface area contributed by atoms with Gasteiger partial charge in [-0.3, -0.25) is 9.48 Å². The molecule has 5 nitrogen and oxygen atoms in total. The van der Waals surface area contributed by atoms with Crippen LogP contribution in [0.15, 0.2) is 59.2 Å². The van der Waals surface area contributed by atoms with Crippen molar-refractivity contribution in [2.24, 2.45) is 0 Å². The lowest BCUT2D eigenvalue weighted by Crippen LogP contribution is -2.15. The second-order valence-electron chi connectivity index (χ2n) is 5.86. The molecule has 140 valence electrons. The van der Waals surface area contributed by atoms with Crippen molar-refractivity contribution in [2.75, 3.05) is 5.32 Å². The molecular formula is C19H16BrF2N3O2. The van der Waals surface area contributed by atoms with Crippen molar-refractivity contribution in [3.8, 4) is 5.75 Å². The summed E-state index contributed by atoms with van der Waals surface area (Å²) in [6, 6.07) is 13.9. The number of nitrogens with one attached hydrogen (secondary N) is 1. The molecule has 0 saturated heterocycles. The van der Waals surface area contributed by atoms with E-state index in [1.165, 1.54) is 18.2 Å². The van der Waals surface area contributed by atoms with Gasteiger partial charge in [0.05, 0.1) is 12.1 Å². The van der Waals surface area contributed by atoms with Gasteiger partial charge < -0.3 is 10.1 Å². The van der Waals surface area contributed by atoms with Gasteiger partial charge in [0.2, 0.25) is 0 Å². The van der Waals surface area contributed by atoms with Crippen molar-refractivity contribution >= 4 is 27.7 Å². The first-order valence-electron chi connectivity index (χ1n) is 8.05. The Balaban J connectivity index is 1.74. The summed E-state index contributed by atoms with van der Waals surface area (Å²) in [6.07, 6.45) is 1.73. The van der Waals surface area contributed by atoms with Crippen LogP contribution in [0.2, 0.25) is 0 Å². The number of aryl methyl sites for hydroxylation is 1. The Kier molecular flexibility index (Phi) is 5.85. The van der Waals surface area contributed by atoms with E-state index in [9.17, 15) is 13.6 Å². The molecule has 0 saturated carbocycles. The molecular weight excluding hydrogens is 420 g/mol. The van der Waals surface area contributed by atoms with Crippen LogP contribution in [-0.2, 0) is 6.54 Å². The predicted octanol–water partition coefficient (Wildman–Crippen LogP) is 4.86. The lowest BCUT2D eigenvalue weighted by molar-refractivity contribution is -0.0501. The average Bonchev–Trinajstić information content (AvgIpc) is 3.03.